The Morgan fingerprint density at radius 2 is 1.52 bits per heavy atom. The Kier molecular flexibility index (Phi) is 5.30. The van der Waals surface area contributed by atoms with Gasteiger partial charge in [-0.25, -0.2) is 4.79 Å². The van der Waals surface area contributed by atoms with Gasteiger partial charge in [-0.1, -0.05) is 39.0 Å². The number of aromatic nitrogens is 2. The summed E-state index contributed by atoms with van der Waals surface area (Å²) in [6.07, 6.45) is -0.555. The van der Waals surface area contributed by atoms with Gasteiger partial charge < -0.3 is 10.1 Å². The van der Waals surface area contributed by atoms with E-state index >= 15 is 0 Å². The van der Waals surface area contributed by atoms with Crippen molar-refractivity contribution in [3.05, 3.63) is 42.0 Å². The number of ether oxygens (including phenoxy) is 1. The van der Waals surface area contributed by atoms with Gasteiger partial charge in [0.15, 0.2) is 11.6 Å². The monoisotopic (exact) mass is 342 g/mol. The summed E-state index contributed by atoms with van der Waals surface area (Å²) < 4.78 is 5.19. The maximum absolute atomic E-state index is 11.7. The summed E-state index contributed by atoms with van der Waals surface area (Å²) in [5.41, 5.74) is 1.62. The Hall–Kier alpha value is -2.63. The van der Waals surface area contributed by atoms with Gasteiger partial charge in [-0.05, 0) is 49.9 Å². The fraction of sp³-hybridized carbons (Fsp3) is 0.421. The lowest BCUT2D eigenvalue weighted by Crippen LogP contribution is -2.27. The van der Waals surface area contributed by atoms with Gasteiger partial charge in [-0.2, -0.15) is 0 Å². The number of para-hydroxylation sites is 1. The minimum Gasteiger partial charge on any atom is -0.444 e. The number of hydrogen-bond donors (Lipinski definition) is 2. The van der Waals surface area contributed by atoms with Crippen LogP contribution in [0.1, 0.15) is 47.1 Å². The van der Waals surface area contributed by atoms with Crippen LogP contribution in [0.5, 0.6) is 0 Å². The summed E-state index contributed by atoms with van der Waals surface area (Å²) in [4.78, 5) is 11.7. The average molecular weight is 342 g/mol. The Balaban J connectivity index is 2.08. The molecule has 134 valence electrons. The Labute approximate surface area is 149 Å². The van der Waals surface area contributed by atoms with Crippen LogP contribution in [-0.4, -0.2) is 21.9 Å². The maximum Gasteiger partial charge on any atom is 0.413 e. The Bertz CT molecular complexity index is 728. The third kappa shape index (κ3) is 5.74. The molecule has 0 radical (unpaired) electrons. The average Bonchev–Trinajstić information content (AvgIpc) is 2.47. The van der Waals surface area contributed by atoms with Crippen LogP contribution >= 0.6 is 0 Å². The fourth-order valence-electron chi connectivity index (χ4n) is 2.26. The van der Waals surface area contributed by atoms with Crippen LogP contribution in [0.3, 0.4) is 0 Å². The van der Waals surface area contributed by atoms with Crippen LogP contribution in [0.4, 0.5) is 22.1 Å². The number of anilines is 3. The van der Waals surface area contributed by atoms with E-state index in [1.54, 1.807) is 32.9 Å². The predicted octanol–water partition coefficient (Wildman–Crippen LogP) is 4.86. The molecule has 6 heteroatoms. The van der Waals surface area contributed by atoms with Gasteiger partial charge in [0, 0.05) is 5.69 Å². The summed E-state index contributed by atoms with van der Waals surface area (Å²) in [6, 6.07) is 11.5. The van der Waals surface area contributed by atoms with Crippen LogP contribution in [0.25, 0.3) is 0 Å². The summed E-state index contributed by atoms with van der Waals surface area (Å²) in [7, 11) is 0. The fourth-order valence-corrected chi connectivity index (χ4v) is 2.26. The molecule has 0 unspecified atom stereocenters. The number of nitrogens with zero attached hydrogens (tertiary/aromatic N) is 2. The summed E-state index contributed by atoms with van der Waals surface area (Å²) in [5, 5.41) is 14.0. The highest BCUT2D eigenvalue weighted by Crippen LogP contribution is 2.30. The molecule has 2 N–H and O–H groups in total. The number of benzene rings is 1. The summed E-state index contributed by atoms with van der Waals surface area (Å²) in [5.74, 6) is 0.940. The van der Waals surface area contributed by atoms with E-state index in [4.69, 9.17) is 4.74 Å². The molecule has 2 aromatic rings. The van der Waals surface area contributed by atoms with Crippen LogP contribution in [0.2, 0.25) is 0 Å². The van der Waals surface area contributed by atoms with E-state index in [1.165, 1.54) is 5.56 Å². The first kappa shape index (κ1) is 18.7. The molecule has 0 saturated heterocycles. The molecule has 1 amide bonds. The zero-order chi connectivity index (χ0) is 18.7. The van der Waals surface area contributed by atoms with Gasteiger partial charge in [0.2, 0.25) is 0 Å². The molecule has 0 aliphatic rings. The topological polar surface area (TPSA) is 76.1 Å². The normalized spacial score (nSPS) is 11.8. The van der Waals surface area contributed by atoms with E-state index in [1.807, 2.05) is 18.2 Å². The predicted molar refractivity (Wildman–Crippen MR) is 100 cm³/mol. The van der Waals surface area contributed by atoms with Crippen molar-refractivity contribution in [2.75, 3.05) is 10.6 Å². The van der Waals surface area contributed by atoms with Gasteiger partial charge in [-0.15, -0.1) is 10.2 Å². The first-order chi connectivity index (χ1) is 11.5. The van der Waals surface area contributed by atoms with Gasteiger partial charge in [0.1, 0.15) is 5.60 Å². The molecule has 0 saturated carbocycles. The van der Waals surface area contributed by atoms with Crippen molar-refractivity contribution >= 4 is 23.4 Å². The molecule has 6 nitrogen and oxygen atoms in total. The zero-order valence-electron chi connectivity index (χ0n) is 15.7. The molecule has 0 spiro atoms. The molecule has 0 atom stereocenters. The molecule has 1 aromatic heterocycles. The van der Waals surface area contributed by atoms with Crippen LogP contribution in [-0.2, 0) is 10.2 Å². The molecule has 1 aromatic carbocycles. The molecular formula is C19H26N4O2. The van der Waals surface area contributed by atoms with Crippen molar-refractivity contribution in [3.8, 4) is 0 Å². The van der Waals surface area contributed by atoms with E-state index in [0.29, 0.717) is 11.6 Å². The number of amides is 1. The van der Waals surface area contributed by atoms with Crippen LogP contribution in [0.15, 0.2) is 36.4 Å². The summed E-state index contributed by atoms with van der Waals surface area (Å²) >= 11 is 0. The Morgan fingerprint density at radius 3 is 2.08 bits per heavy atom. The van der Waals surface area contributed by atoms with Crippen molar-refractivity contribution in [2.24, 2.45) is 0 Å². The van der Waals surface area contributed by atoms with E-state index < -0.39 is 11.7 Å². The lowest BCUT2D eigenvalue weighted by atomic mass is 9.86. The molecule has 1 heterocycles. The number of nitrogens with one attached hydrogen (secondary N) is 2. The smallest absolute Gasteiger partial charge is 0.413 e. The van der Waals surface area contributed by atoms with Crippen LogP contribution in [0, 0.1) is 0 Å². The highest BCUT2D eigenvalue weighted by atomic mass is 16.6. The number of rotatable bonds is 3. The molecule has 0 bridgehead atoms. The molecule has 0 fully saturated rings. The molecule has 0 aliphatic carbocycles. The second kappa shape index (κ2) is 7.09. The van der Waals surface area contributed by atoms with Crippen molar-refractivity contribution in [1.29, 1.82) is 0 Å². The third-order valence-electron chi connectivity index (χ3n) is 3.29. The maximum atomic E-state index is 11.7. The van der Waals surface area contributed by atoms with Crippen molar-refractivity contribution < 1.29 is 9.53 Å². The van der Waals surface area contributed by atoms with Crippen LogP contribution < -0.4 is 10.6 Å². The quantitative estimate of drug-likeness (QED) is 0.832. The standard InChI is InChI=1S/C19H26N4O2/c1-18(2,3)13-9-7-8-10-14(13)20-15-11-12-16(23-22-15)21-17(24)25-19(4,5)6/h7-12H,1-6H3,(H,20,22)(H,21,23,24). The zero-order valence-corrected chi connectivity index (χ0v) is 15.7. The number of carbonyl (C=O) groups is 1. The van der Waals surface area contributed by atoms with E-state index in [2.05, 4.69) is 47.7 Å². The SMILES string of the molecule is CC(C)(C)OC(=O)Nc1ccc(Nc2ccccc2C(C)(C)C)nn1. The van der Waals surface area contributed by atoms with Gasteiger partial charge >= 0.3 is 6.09 Å². The second-order valence-electron chi connectivity index (χ2n) is 7.85. The van der Waals surface area contributed by atoms with Crippen molar-refractivity contribution in [3.63, 3.8) is 0 Å². The minimum atomic E-state index is -0.560. The van der Waals surface area contributed by atoms with Gasteiger partial charge in [0.05, 0.1) is 0 Å². The largest absolute Gasteiger partial charge is 0.444 e. The van der Waals surface area contributed by atoms with Crippen molar-refractivity contribution in [2.45, 2.75) is 52.6 Å². The Morgan fingerprint density at radius 1 is 0.920 bits per heavy atom. The highest BCUT2D eigenvalue weighted by molar-refractivity contribution is 5.83. The number of hydrogen-bond acceptors (Lipinski definition) is 5. The first-order valence-electron chi connectivity index (χ1n) is 8.25. The highest BCUT2D eigenvalue weighted by Gasteiger charge is 2.18. The lowest BCUT2D eigenvalue weighted by molar-refractivity contribution is 0.0635. The molecule has 0 aliphatic heterocycles. The molecular weight excluding hydrogens is 316 g/mol. The van der Waals surface area contributed by atoms with Crippen molar-refractivity contribution in [1.82, 2.24) is 10.2 Å². The third-order valence-corrected chi connectivity index (χ3v) is 3.29. The lowest BCUT2D eigenvalue weighted by Gasteiger charge is -2.23. The second-order valence-corrected chi connectivity index (χ2v) is 7.85. The molecule has 2 rings (SSSR count). The molecule has 25 heavy (non-hydrogen) atoms. The van der Waals surface area contributed by atoms with E-state index in [9.17, 15) is 4.79 Å². The number of carbonyl (C=O) groups excluding carboxylic acids is 1. The van der Waals surface area contributed by atoms with Gasteiger partial charge in [-0.3, -0.25) is 5.32 Å². The first-order valence-corrected chi connectivity index (χ1v) is 8.25. The van der Waals surface area contributed by atoms with Gasteiger partial charge in [0.25, 0.3) is 0 Å². The van der Waals surface area contributed by atoms with E-state index in [-0.39, 0.29) is 5.41 Å². The van der Waals surface area contributed by atoms with E-state index in [0.717, 1.165) is 5.69 Å². The minimum absolute atomic E-state index is 0.00916. The summed E-state index contributed by atoms with van der Waals surface area (Å²) in [6.45, 7) is 11.9.